The van der Waals surface area contributed by atoms with Gasteiger partial charge in [0.15, 0.2) is 0 Å². The van der Waals surface area contributed by atoms with Crippen LogP contribution in [0.1, 0.15) is 62.4 Å². The molecule has 0 saturated carbocycles. The first-order valence-corrected chi connectivity index (χ1v) is 10.9. The van der Waals surface area contributed by atoms with E-state index in [1.807, 2.05) is 45.6 Å². The highest BCUT2D eigenvalue weighted by Gasteiger charge is 2.51. The quantitative estimate of drug-likeness (QED) is 0.705. The number of hydrogen-bond acceptors (Lipinski definition) is 5. The largest absolute Gasteiger partial charge is 0.472 e. The summed E-state index contributed by atoms with van der Waals surface area (Å²) >= 11 is 0. The molecule has 1 aromatic carbocycles. The van der Waals surface area contributed by atoms with Crippen molar-refractivity contribution < 1.29 is 18.7 Å². The summed E-state index contributed by atoms with van der Waals surface area (Å²) in [5.74, 6) is 0.265. The molecule has 166 valence electrons. The highest BCUT2D eigenvalue weighted by Crippen LogP contribution is 2.40. The lowest BCUT2D eigenvalue weighted by atomic mass is 9.98. The summed E-state index contributed by atoms with van der Waals surface area (Å²) in [7, 11) is 0. The molecule has 2 unspecified atom stereocenters. The van der Waals surface area contributed by atoms with Gasteiger partial charge in [0.1, 0.15) is 23.8 Å². The third-order valence-electron chi connectivity index (χ3n) is 6.06. The topological polar surface area (TPSA) is 64.6 Å². The van der Waals surface area contributed by atoms with Crippen LogP contribution in [0.15, 0.2) is 24.5 Å². The minimum absolute atomic E-state index is 0.0211. The first-order valence-electron chi connectivity index (χ1n) is 10.9. The van der Waals surface area contributed by atoms with Crippen molar-refractivity contribution in [1.82, 2.24) is 14.9 Å². The molecule has 4 rings (SSSR count). The van der Waals surface area contributed by atoms with Gasteiger partial charge in [-0.1, -0.05) is 12.1 Å². The molecule has 7 heteroatoms. The van der Waals surface area contributed by atoms with Crippen LogP contribution in [0, 0.1) is 19.7 Å². The van der Waals surface area contributed by atoms with Gasteiger partial charge in [0, 0.05) is 24.4 Å². The van der Waals surface area contributed by atoms with E-state index in [4.69, 9.17) is 9.47 Å². The second kappa shape index (κ2) is 8.09. The van der Waals surface area contributed by atoms with Crippen molar-refractivity contribution >= 4 is 6.09 Å². The average molecular weight is 428 g/mol. The van der Waals surface area contributed by atoms with E-state index in [1.165, 1.54) is 12.4 Å². The molecule has 1 aromatic heterocycles. The number of fused-ring (bicyclic) bond motifs is 2. The molecule has 0 spiro atoms. The van der Waals surface area contributed by atoms with Gasteiger partial charge in [-0.15, -0.1) is 0 Å². The summed E-state index contributed by atoms with van der Waals surface area (Å²) in [6.07, 6.45) is 4.03. The lowest BCUT2D eigenvalue weighted by Crippen LogP contribution is -2.42. The molecule has 2 saturated heterocycles. The van der Waals surface area contributed by atoms with E-state index in [9.17, 15) is 9.18 Å². The van der Waals surface area contributed by atoms with Gasteiger partial charge in [-0.2, -0.15) is 0 Å². The van der Waals surface area contributed by atoms with Crippen LogP contribution in [0.2, 0.25) is 0 Å². The minimum atomic E-state index is -0.529. The molecule has 6 nitrogen and oxygen atoms in total. The van der Waals surface area contributed by atoms with E-state index in [0.29, 0.717) is 17.9 Å². The lowest BCUT2D eigenvalue weighted by molar-refractivity contribution is 0.0180. The van der Waals surface area contributed by atoms with Crippen molar-refractivity contribution in [3.8, 4) is 5.88 Å². The molecule has 0 N–H and O–H groups in total. The Labute approximate surface area is 182 Å². The Bertz CT molecular complexity index is 989. The van der Waals surface area contributed by atoms with E-state index < -0.39 is 5.60 Å². The smallest absolute Gasteiger partial charge is 0.410 e. The third-order valence-corrected chi connectivity index (χ3v) is 6.06. The first-order chi connectivity index (χ1) is 14.6. The maximum absolute atomic E-state index is 14.3. The SMILES string of the molecule is Cc1ccc(Cc2ncnc(O[C@@H]3CC4CCC3N4C(=O)OC(C)(C)C)c2C)c(F)c1. The number of halogens is 1. The minimum Gasteiger partial charge on any atom is -0.472 e. The van der Waals surface area contributed by atoms with Gasteiger partial charge in [-0.05, 0) is 64.7 Å². The average Bonchev–Trinajstić information content (AvgIpc) is 3.23. The van der Waals surface area contributed by atoms with Gasteiger partial charge in [0.25, 0.3) is 0 Å². The zero-order valence-electron chi connectivity index (χ0n) is 18.8. The molecule has 0 radical (unpaired) electrons. The number of carbonyl (C=O) groups excluding carboxylic acids is 1. The summed E-state index contributed by atoms with van der Waals surface area (Å²) in [5.41, 5.74) is 2.48. The Hall–Kier alpha value is -2.70. The highest BCUT2D eigenvalue weighted by molar-refractivity contribution is 5.70. The Balaban J connectivity index is 1.49. The molecule has 31 heavy (non-hydrogen) atoms. The second-order valence-corrected chi connectivity index (χ2v) is 9.60. The van der Waals surface area contributed by atoms with Crippen LogP contribution in [-0.2, 0) is 11.2 Å². The Kier molecular flexibility index (Phi) is 5.62. The molecular formula is C24H30FN3O3. The number of amides is 1. The van der Waals surface area contributed by atoms with Gasteiger partial charge < -0.3 is 9.47 Å². The molecule has 2 bridgehead atoms. The van der Waals surface area contributed by atoms with Crippen LogP contribution in [0.4, 0.5) is 9.18 Å². The van der Waals surface area contributed by atoms with E-state index >= 15 is 0 Å². The summed E-state index contributed by atoms with van der Waals surface area (Å²) in [5, 5.41) is 0. The molecular weight excluding hydrogens is 397 g/mol. The van der Waals surface area contributed by atoms with Crippen LogP contribution < -0.4 is 4.74 Å². The number of aromatic nitrogens is 2. The maximum atomic E-state index is 14.3. The van der Waals surface area contributed by atoms with E-state index in [0.717, 1.165) is 36.1 Å². The van der Waals surface area contributed by atoms with Crippen LogP contribution in [0.25, 0.3) is 0 Å². The number of nitrogens with zero attached hydrogens (tertiary/aromatic N) is 3. The lowest BCUT2D eigenvalue weighted by Gasteiger charge is -2.28. The Morgan fingerprint density at radius 3 is 2.71 bits per heavy atom. The Morgan fingerprint density at radius 2 is 2.00 bits per heavy atom. The van der Waals surface area contributed by atoms with Gasteiger partial charge in [-0.25, -0.2) is 19.2 Å². The summed E-state index contributed by atoms with van der Waals surface area (Å²) in [6, 6.07) is 5.33. The molecule has 2 aromatic rings. The fourth-order valence-electron chi connectivity index (χ4n) is 4.54. The van der Waals surface area contributed by atoms with Crippen molar-refractivity contribution in [2.75, 3.05) is 0 Å². The standard InChI is InChI=1S/C24H30FN3O3/c1-14-6-7-16(18(25)10-14)11-19-15(2)22(27-13-26-19)30-21-12-17-8-9-20(21)28(17)23(29)31-24(3,4)5/h6-7,10,13,17,20-21H,8-9,11-12H2,1-5H3/t17?,20?,21-/m1/s1. The fraction of sp³-hybridized carbons (Fsp3) is 0.542. The van der Waals surface area contributed by atoms with Crippen molar-refractivity contribution in [2.45, 2.75) is 84.1 Å². The van der Waals surface area contributed by atoms with Crippen LogP contribution in [0.5, 0.6) is 5.88 Å². The van der Waals surface area contributed by atoms with Gasteiger partial charge in [0.05, 0.1) is 11.7 Å². The first kappa shape index (κ1) is 21.5. The molecule has 0 aliphatic carbocycles. The van der Waals surface area contributed by atoms with E-state index in [1.54, 1.807) is 6.07 Å². The van der Waals surface area contributed by atoms with Crippen molar-refractivity contribution in [3.63, 3.8) is 0 Å². The highest BCUT2D eigenvalue weighted by atomic mass is 19.1. The zero-order chi connectivity index (χ0) is 22.3. The van der Waals surface area contributed by atoms with Gasteiger partial charge in [0.2, 0.25) is 5.88 Å². The van der Waals surface area contributed by atoms with Crippen molar-refractivity contribution in [2.24, 2.45) is 0 Å². The van der Waals surface area contributed by atoms with Crippen LogP contribution in [0.3, 0.4) is 0 Å². The predicted octanol–water partition coefficient (Wildman–Crippen LogP) is 4.74. The van der Waals surface area contributed by atoms with Gasteiger partial charge in [-0.3, -0.25) is 4.90 Å². The number of aryl methyl sites for hydroxylation is 1. The number of rotatable bonds is 4. The molecule has 2 aliphatic heterocycles. The van der Waals surface area contributed by atoms with Crippen LogP contribution in [-0.4, -0.2) is 44.7 Å². The second-order valence-electron chi connectivity index (χ2n) is 9.60. The van der Waals surface area contributed by atoms with Crippen LogP contribution >= 0.6 is 0 Å². The van der Waals surface area contributed by atoms with Crippen molar-refractivity contribution in [1.29, 1.82) is 0 Å². The Morgan fingerprint density at radius 1 is 1.23 bits per heavy atom. The normalized spacial score (nSPS) is 22.6. The fourth-order valence-corrected chi connectivity index (χ4v) is 4.54. The third kappa shape index (κ3) is 4.50. The number of hydrogen-bond donors (Lipinski definition) is 0. The molecule has 3 atom stereocenters. The number of ether oxygens (including phenoxy) is 2. The summed E-state index contributed by atoms with van der Waals surface area (Å²) in [4.78, 5) is 23.2. The molecule has 1 amide bonds. The molecule has 3 heterocycles. The van der Waals surface area contributed by atoms with Gasteiger partial charge >= 0.3 is 6.09 Å². The maximum Gasteiger partial charge on any atom is 0.410 e. The monoisotopic (exact) mass is 427 g/mol. The predicted molar refractivity (Wildman–Crippen MR) is 115 cm³/mol. The molecule has 2 aliphatic rings. The van der Waals surface area contributed by atoms with Crippen molar-refractivity contribution in [3.05, 3.63) is 52.7 Å². The summed E-state index contributed by atoms with van der Waals surface area (Å²) < 4.78 is 26.2. The number of benzene rings is 1. The van der Waals surface area contributed by atoms with E-state index in [-0.39, 0.29) is 30.1 Å². The van der Waals surface area contributed by atoms with E-state index in [2.05, 4.69) is 9.97 Å². The molecule has 2 fully saturated rings. The summed E-state index contributed by atoms with van der Waals surface area (Å²) in [6.45, 7) is 9.39. The number of carbonyl (C=O) groups is 1. The zero-order valence-corrected chi connectivity index (χ0v) is 18.8.